The molecule has 28 heavy (non-hydrogen) atoms. The number of nitro groups is 1. The molecule has 4 rings (SSSR count). The molecule has 1 atom stereocenters. The lowest BCUT2D eigenvalue weighted by Gasteiger charge is -2.15. The molecule has 5 heteroatoms. The number of hydrogen-bond donors (Lipinski definition) is 1. The number of benzene rings is 3. The Labute approximate surface area is 162 Å². The third-order valence-corrected chi connectivity index (χ3v) is 4.84. The molecule has 5 nitrogen and oxygen atoms in total. The molecule has 0 aliphatic heterocycles. The molecule has 0 bridgehead atoms. The van der Waals surface area contributed by atoms with Crippen LogP contribution in [0.5, 0.6) is 5.75 Å². The first-order chi connectivity index (χ1) is 13.7. The van der Waals surface area contributed by atoms with Gasteiger partial charge in [0.15, 0.2) is 0 Å². The van der Waals surface area contributed by atoms with Gasteiger partial charge in [0.25, 0.3) is 0 Å². The van der Waals surface area contributed by atoms with Crippen LogP contribution in [0.25, 0.3) is 10.9 Å². The van der Waals surface area contributed by atoms with Crippen LogP contribution in [0.2, 0.25) is 0 Å². The summed E-state index contributed by atoms with van der Waals surface area (Å²) in [6, 6.07) is 25.3. The molecule has 4 aromatic rings. The Morgan fingerprint density at radius 2 is 1.64 bits per heavy atom. The van der Waals surface area contributed by atoms with Gasteiger partial charge in [-0.25, -0.2) is 0 Å². The van der Waals surface area contributed by atoms with Crippen molar-refractivity contribution in [1.29, 1.82) is 0 Å². The fourth-order valence-electron chi connectivity index (χ4n) is 3.53. The minimum absolute atomic E-state index is 0.177. The second-order valence-electron chi connectivity index (χ2n) is 6.68. The van der Waals surface area contributed by atoms with Crippen molar-refractivity contribution >= 4 is 10.9 Å². The van der Waals surface area contributed by atoms with E-state index < -0.39 is 0 Å². The molecule has 0 amide bonds. The Kier molecular flexibility index (Phi) is 5.06. The molecule has 0 saturated heterocycles. The second-order valence-corrected chi connectivity index (χ2v) is 6.68. The maximum atomic E-state index is 11.4. The van der Waals surface area contributed by atoms with E-state index in [1.165, 1.54) is 0 Å². The standard InChI is InChI=1S/C23H20N2O3/c26-25(27)15-20(18-10-5-2-6-11-18)19-14-24-21-12-7-13-22(23(19)21)28-16-17-8-3-1-4-9-17/h1-14,20,24H,15-16H2. The summed E-state index contributed by atoms with van der Waals surface area (Å²) in [5.41, 5.74) is 3.77. The third kappa shape index (κ3) is 3.74. The van der Waals surface area contributed by atoms with Crippen LogP contribution in [0.1, 0.15) is 22.6 Å². The number of hydrogen-bond acceptors (Lipinski definition) is 3. The SMILES string of the molecule is O=[N+]([O-])CC(c1ccccc1)c1c[nH]c2cccc(OCc3ccccc3)c12. The number of rotatable bonds is 7. The molecule has 1 heterocycles. The first kappa shape index (κ1) is 17.8. The van der Waals surface area contributed by atoms with E-state index >= 15 is 0 Å². The van der Waals surface area contributed by atoms with Crippen LogP contribution < -0.4 is 4.74 Å². The number of aromatic amines is 1. The van der Waals surface area contributed by atoms with E-state index in [1.54, 1.807) is 0 Å². The molecule has 1 N–H and O–H groups in total. The normalized spacial score (nSPS) is 12.0. The topological polar surface area (TPSA) is 68.2 Å². The maximum absolute atomic E-state index is 11.4. The van der Waals surface area contributed by atoms with Crippen molar-refractivity contribution in [3.8, 4) is 5.75 Å². The lowest BCUT2D eigenvalue weighted by Crippen LogP contribution is -2.13. The van der Waals surface area contributed by atoms with Gasteiger partial charge in [-0.05, 0) is 28.8 Å². The minimum atomic E-state index is -0.355. The van der Waals surface area contributed by atoms with Crippen LogP contribution >= 0.6 is 0 Å². The molecule has 1 unspecified atom stereocenters. The third-order valence-electron chi connectivity index (χ3n) is 4.84. The fraction of sp³-hybridized carbons (Fsp3) is 0.130. The monoisotopic (exact) mass is 372 g/mol. The molecule has 140 valence electrons. The largest absolute Gasteiger partial charge is 0.488 e. The number of fused-ring (bicyclic) bond motifs is 1. The summed E-state index contributed by atoms with van der Waals surface area (Å²) < 4.78 is 6.11. The van der Waals surface area contributed by atoms with Crippen LogP contribution in [-0.2, 0) is 6.61 Å². The van der Waals surface area contributed by atoms with Gasteiger partial charge in [0, 0.05) is 22.0 Å². The molecular formula is C23H20N2O3. The average molecular weight is 372 g/mol. The molecule has 0 spiro atoms. The Bertz CT molecular complexity index is 1070. The highest BCUT2D eigenvalue weighted by Crippen LogP contribution is 2.36. The lowest BCUT2D eigenvalue weighted by molar-refractivity contribution is -0.481. The predicted molar refractivity (Wildman–Crippen MR) is 109 cm³/mol. The van der Waals surface area contributed by atoms with Gasteiger partial charge in [0.05, 0.1) is 5.92 Å². The zero-order chi connectivity index (χ0) is 19.3. The van der Waals surface area contributed by atoms with Gasteiger partial charge in [-0.2, -0.15) is 0 Å². The van der Waals surface area contributed by atoms with Gasteiger partial charge in [0.2, 0.25) is 6.54 Å². The second kappa shape index (κ2) is 7.96. The van der Waals surface area contributed by atoms with E-state index in [4.69, 9.17) is 4.74 Å². The summed E-state index contributed by atoms with van der Waals surface area (Å²) in [4.78, 5) is 14.4. The molecule has 0 saturated carbocycles. The van der Waals surface area contributed by atoms with E-state index in [0.717, 1.165) is 33.3 Å². The Morgan fingerprint density at radius 1 is 0.929 bits per heavy atom. The first-order valence-electron chi connectivity index (χ1n) is 9.16. The lowest BCUT2D eigenvalue weighted by atomic mass is 9.91. The van der Waals surface area contributed by atoms with Gasteiger partial charge in [0.1, 0.15) is 12.4 Å². The minimum Gasteiger partial charge on any atom is -0.488 e. The van der Waals surface area contributed by atoms with Crippen LogP contribution in [0.15, 0.2) is 85.1 Å². The Morgan fingerprint density at radius 3 is 2.36 bits per heavy atom. The van der Waals surface area contributed by atoms with Crippen molar-refractivity contribution in [2.45, 2.75) is 12.5 Å². The fourth-order valence-corrected chi connectivity index (χ4v) is 3.53. The molecule has 3 aromatic carbocycles. The molecule has 0 fully saturated rings. The van der Waals surface area contributed by atoms with Gasteiger partial charge < -0.3 is 9.72 Å². The number of nitrogens with one attached hydrogen (secondary N) is 1. The highest BCUT2D eigenvalue weighted by Gasteiger charge is 2.24. The van der Waals surface area contributed by atoms with E-state index in [9.17, 15) is 10.1 Å². The van der Waals surface area contributed by atoms with Crippen molar-refractivity contribution in [3.63, 3.8) is 0 Å². The van der Waals surface area contributed by atoms with E-state index in [2.05, 4.69) is 4.98 Å². The zero-order valence-corrected chi connectivity index (χ0v) is 15.2. The van der Waals surface area contributed by atoms with Crippen molar-refractivity contribution in [2.75, 3.05) is 6.54 Å². The molecule has 1 aromatic heterocycles. The number of H-pyrrole nitrogens is 1. The summed E-state index contributed by atoms with van der Waals surface area (Å²) in [6.07, 6.45) is 1.86. The highest BCUT2D eigenvalue weighted by atomic mass is 16.6. The first-order valence-corrected chi connectivity index (χ1v) is 9.16. The Balaban J connectivity index is 1.75. The van der Waals surface area contributed by atoms with Crippen LogP contribution in [-0.4, -0.2) is 16.5 Å². The number of ether oxygens (including phenoxy) is 1. The van der Waals surface area contributed by atoms with Crippen molar-refractivity contribution in [3.05, 3.63) is 112 Å². The molecule has 0 aliphatic rings. The van der Waals surface area contributed by atoms with E-state index in [-0.39, 0.29) is 17.4 Å². The van der Waals surface area contributed by atoms with Crippen molar-refractivity contribution in [1.82, 2.24) is 4.98 Å². The van der Waals surface area contributed by atoms with E-state index in [1.807, 2.05) is 85.1 Å². The molecule has 0 radical (unpaired) electrons. The number of aromatic nitrogens is 1. The smallest absolute Gasteiger partial charge is 0.214 e. The van der Waals surface area contributed by atoms with Gasteiger partial charge >= 0.3 is 0 Å². The average Bonchev–Trinajstić information content (AvgIpc) is 3.16. The summed E-state index contributed by atoms with van der Waals surface area (Å²) >= 11 is 0. The van der Waals surface area contributed by atoms with Crippen molar-refractivity contribution in [2.24, 2.45) is 0 Å². The van der Waals surface area contributed by atoms with E-state index in [0.29, 0.717) is 6.61 Å². The van der Waals surface area contributed by atoms with Crippen molar-refractivity contribution < 1.29 is 9.66 Å². The van der Waals surface area contributed by atoms with Gasteiger partial charge in [-0.1, -0.05) is 66.7 Å². The molecule has 0 aliphatic carbocycles. The highest BCUT2D eigenvalue weighted by molar-refractivity contribution is 5.90. The summed E-state index contributed by atoms with van der Waals surface area (Å²) in [7, 11) is 0. The quantitative estimate of drug-likeness (QED) is 0.360. The maximum Gasteiger partial charge on any atom is 0.214 e. The number of nitrogens with zero attached hydrogens (tertiary/aromatic N) is 1. The molecular weight excluding hydrogens is 352 g/mol. The predicted octanol–water partition coefficient (Wildman–Crippen LogP) is 5.16. The van der Waals surface area contributed by atoms with Crippen LogP contribution in [0.4, 0.5) is 0 Å². The summed E-state index contributed by atoms with van der Waals surface area (Å²) in [6.45, 7) is 0.264. The summed E-state index contributed by atoms with van der Waals surface area (Å²) in [5.74, 6) is 0.369. The zero-order valence-electron chi connectivity index (χ0n) is 15.2. The Hall–Kier alpha value is -3.60. The van der Waals surface area contributed by atoms with Gasteiger partial charge in [-0.15, -0.1) is 0 Å². The van der Waals surface area contributed by atoms with Crippen LogP contribution in [0.3, 0.4) is 0 Å². The summed E-state index contributed by atoms with van der Waals surface area (Å²) in [5, 5.41) is 12.3. The van der Waals surface area contributed by atoms with Crippen LogP contribution in [0, 0.1) is 10.1 Å². The van der Waals surface area contributed by atoms with Gasteiger partial charge in [-0.3, -0.25) is 10.1 Å².